The number of fused-ring (bicyclic) bond motifs is 3. The Morgan fingerprint density at radius 3 is 1.39 bits per heavy atom. The molecule has 0 saturated heterocycles. The normalized spacial score (nSPS) is 15.9. The van der Waals surface area contributed by atoms with Gasteiger partial charge in [0.25, 0.3) is 0 Å². The van der Waals surface area contributed by atoms with Crippen LogP contribution in [0.1, 0.15) is 52.7 Å². The highest BCUT2D eigenvalue weighted by Gasteiger charge is 2.56. The molecule has 0 amide bonds. The molecule has 0 aromatic heterocycles. The SMILES string of the molecule is CC(C)COC(=O)C(C)C1(C(C)C(=O)OCC(C)C)c2ccccc2-c2ccccc21. The van der Waals surface area contributed by atoms with Gasteiger partial charge in [-0.05, 0) is 34.1 Å². The van der Waals surface area contributed by atoms with Gasteiger partial charge in [0, 0.05) is 5.41 Å². The van der Waals surface area contributed by atoms with Crippen LogP contribution < -0.4 is 0 Å². The maximum Gasteiger partial charge on any atom is 0.309 e. The van der Waals surface area contributed by atoms with Crippen molar-refractivity contribution in [1.82, 2.24) is 0 Å². The van der Waals surface area contributed by atoms with E-state index in [0.717, 1.165) is 22.3 Å². The van der Waals surface area contributed by atoms with E-state index < -0.39 is 17.3 Å². The van der Waals surface area contributed by atoms with Gasteiger partial charge in [0.15, 0.2) is 0 Å². The fraction of sp³-hybridized carbons (Fsp3) is 0.481. The van der Waals surface area contributed by atoms with Gasteiger partial charge in [-0.2, -0.15) is 0 Å². The zero-order valence-corrected chi connectivity index (χ0v) is 19.5. The van der Waals surface area contributed by atoms with E-state index in [-0.39, 0.29) is 23.8 Å². The highest BCUT2D eigenvalue weighted by molar-refractivity contribution is 5.90. The summed E-state index contributed by atoms with van der Waals surface area (Å²) >= 11 is 0. The van der Waals surface area contributed by atoms with Crippen LogP contribution in [0.15, 0.2) is 48.5 Å². The number of esters is 2. The smallest absolute Gasteiger partial charge is 0.309 e. The predicted octanol–water partition coefficient (Wildman–Crippen LogP) is 5.62. The number of carbonyl (C=O) groups excluding carboxylic acids is 2. The monoisotopic (exact) mass is 422 g/mol. The Kier molecular flexibility index (Phi) is 6.88. The molecule has 4 heteroatoms. The van der Waals surface area contributed by atoms with Gasteiger partial charge in [0.1, 0.15) is 0 Å². The molecule has 31 heavy (non-hydrogen) atoms. The van der Waals surface area contributed by atoms with Crippen LogP contribution in [-0.4, -0.2) is 25.2 Å². The van der Waals surface area contributed by atoms with Gasteiger partial charge in [-0.1, -0.05) is 90.1 Å². The van der Waals surface area contributed by atoms with Crippen molar-refractivity contribution in [3.63, 3.8) is 0 Å². The number of rotatable bonds is 8. The minimum Gasteiger partial charge on any atom is -0.465 e. The Balaban J connectivity index is 2.16. The van der Waals surface area contributed by atoms with Crippen molar-refractivity contribution in [2.24, 2.45) is 23.7 Å². The lowest BCUT2D eigenvalue weighted by atomic mass is 9.61. The average Bonchev–Trinajstić information content (AvgIpc) is 3.06. The van der Waals surface area contributed by atoms with Crippen molar-refractivity contribution in [1.29, 1.82) is 0 Å². The summed E-state index contributed by atoms with van der Waals surface area (Å²) < 4.78 is 11.3. The number of hydrogen-bond acceptors (Lipinski definition) is 4. The number of ether oxygens (including phenoxy) is 2. The van der Waals surface area contributed by atoms with Gasteiger partial charge in [-0.3, -0.25) is 9.59 Å². The standard InChI is InChI=1S/C27H34O4/c1-17(2)15-30-25(28)19(5)27(20(6)26(29)31-16-18(3)4)23-13-9-7-11-21(23)22-12-8-10-14-24(22)27/h7-14,17-20H,15-16H2,1-6H3. The zero-order chi connectivity index (χ0) is 22.8. The van der Waals surface area contributed by atoms with Crippen LogP contribution in [0.25, 0.3) is 11.1 Å². The molecule has 0 bridgehead atoms. The second-order valence-corrected chi connectivity index (χ2v) is 9.45. The van der Waals surface area contributed by atoms with E-state index in [4.69, 9.17) is 9.47 Å². The highest BCUT2D eigenvalue weighted by atomic mass is 16.5. The molecule has 2 atom stereocenters. The fourth-order valence-electron chi connectivity index (χ4n) is 4.73. The third-order valence-corrected chi connectivity index (χ3v) is 6.23. The van der Waals surface area contributed by atoms with Crippen LogP contribution in [0.4, 0.5) is 0 Å². The van der Waals surface area contributed by atoms with Crippen molar-refractivity contribution in [2.45, 2.75) is 47.0 Å². The van der Waals surface area contributed by atoms with Crippen LogP contribution in [0.2, 0.25) is 0 Å². The summed E-state index contributed by atoms with van der Waals surface area (Å²) in [4.78, 5) is 26.6. The summed E-state index contributed by atoms with van der Waals surface area (Å²) in [7, 11) is 0. The van der Waals surface area contributed by atoms with Gasteiger partial charge >= 0.3 is 11.9 Å². The molecule has 0 aliphatic heterocycles. The Bertz CT molecular complexity index is 866. The van der Waals surface area contributed by atoms with Crippen LogP contribution in [0, 0.1) is 23.7 Å². The van der Waals surface area contributed by atoms with E-state index in [1.807, 2.05) is 77.9 Å². The Labute approximate surface area is 186 Å². The molecule has 4 nitrogen and oxygen atoms in total. The maximum atomic E-state index is 13.3. The first-order chi connectivity index (χ1) is 14.7. The summed E-state index contributed by atoms with van der Waals surface area (Å²) in [5.74, 6) is -1.21. The predicted molar refractivity (Wildman–Crippen MR) is 123 cm³/mol. The average molecular weight is 423 g/mol. The zero-order valence-electron chi connectivity index (χ0n) is 19.5. The lowest BCUT2D eigenvalue weighted by Gasteiger charge is -2.40. The molecule has 0 fully saturated rings. The Morgan fingerprint density at radius 1 is 0.677 bits per heavy atom. The van der Waals surface area contributed by atoms with Crippen molar-refractivity contribution in [3.8, 4) is 11.1 Å². The Hall–Kier alpha value is -2.62. The lowest BCUT2D eigenvalue weighted by Crippen LogP contribution is -2.47. The third kappa shape index (κ3) is 4.13. The topological polar surface area (TPSA) is 52.6 Å². The Morgan fingerprint density at radius 2 is 1.03 bits per heavy atom. The molecule has 2 aromatic carbocycles. The summed E-state index contributed by atoms with van der Waals surface area (Å²) in [6.07, 6.45) is 0. The number of benzene rings is 2. The summed E-state index contributed by atoms with van der Waals surface area (Å²) in [5, 5.41) is 0. The molecule has 2 aromatic rings. The molecule has 0 saturated carbocycles. The van der Waals surface area contributed by atoms with E-state index in [0.29, 0.717) is 13.2 Å². The molecule has 0 N–H and O–H groups in total. The van der Waals surface area contributed by atoms with Crippen LogP contribution in [-0.2, 0) is 24.5 Å². The molecule has 0 spiro atoms. The first-order valence-electron chi connectivity index (χ1n) is 11.2. The lowest BCUT2D eigenvalue weighted by molar-refractivity contribution is -0.157. The highest BCUT2D eigenvalue weighted by Crippen LogP contribution is 2.57. The number of carbonyl (C=O) groups is 2. The molecule has 2 unspecified atom stereocenters. The minimum absolute atomic E-state index is 0.240. The van der Waals surface area contributed by atoms with Crippen molar-refractivity contribution in [2.75, 3.05) is 13.2 Å². The summed E-state index contributed by atoms with van der Waals surface area (Å²) in [6.45, 7) is 12.5. The quantitative estimate of drug-likeness (QED) is 0.518. The largest absolute Gasteiger partial charge is 0.465 e. The molecule has 166 valence electrons. The second kappa shape index (κ2) is 9.25. The minimum atomic E-state index is -0.852. The van der Waals surface area contributed by atoms with Crippen LogP contribution >= 0.6 is 0 Å². The number of hydrogen-bond donors (Lipinski definition) is 0. The van der Waals surface area contributed by atoms with Gasteiger partial charge in [-0.25, -0.2) is 0 Å². The van der Waals surface area contributed by atoms with E-state index >= 15 is 0 Å². The van der Waals surface area contributed by atoms with Gasteiger partial charge < -0.3 is 9.47 Å². The van der Waals surface area contributed by atoms with Gasteiger partial charge in [-0.15, -0.1) is 0 Å². The second-order valence-electron chi connectivity index (χ2n) is 9.45. The molecular weight excluding hydrogens is 388 g/mol. The van der Waals surface area contributed by atoms with Crippen molar-refractivity contribution in [3.05, 3.63) is 59.7 Å². The first kappa shape index (κ1) is 23.1. The molecule has 0 heterocycles. The molecule has 3 rings (SSSR count). The molecule has 1 aliphatic rings. The van der Waals surface area contributed by atoms with Crippen molar-refractivity contribution >= 4 is 11.9 Å². The molecular formula is C27H34O4. The summed E-state index contributed by atoms with van der Waals surface area (Å²) in [5.41, 5.74) is 3.24. The van der Waals surface area contributed by atoms with E-state index in [9.17, 15) is 9.59 Å². The summed E-state index contributed by atoms with van der Waals surface area (Å²) in [6, 6.07) is 16.1. The van der Waals surface area contributed by atoms with Crippen molar-refractivity contribution < 1.29 is 19.1 Å². The maximum absolute atomic E-state index is 13.3. The van der Waals surface area contributed by atoms with Crippen LogP contribution in [0.5, 0.6) is 0 Å². The van der Waals surface area contributed by atoms with Gasteiger partial charge in [0.2, 0.25) is 0 Å². The van der Waals surface area contributed by atoms with Gasteiger partial charge in [0.05, 0.1) is 25.0 Å². The molecule has 1 aliphatic carbocycles. The van der Waals surface area contributed by atoms with Crippen LogP contribution in [0.3, 0.4) is 0 Å². The van der Waals surface area contributed by atoms with E-state index in [1.165, 1.54) is 0 Å². The van der Waals surface area contributed by atoms with E-state index in [2.05, 4.69) is 12.1 Å². The fourth-order valence-corrected chi connectivity index (χ4v) is 4.73. The van der Waals surface area contributed by atoms with E-state index in [1.54, 1.807) is 0 Å². The third-order valence-electron chi connectivity index (χ3n) is 6.23. The first-order valence-corrected chi connectivity index (χ1v) is 11.2. The molecule has 0 radical (unpaired) electrons.